The summed E-state index contributed by atoms with van der Waals surface area (Å²) in [5, 5.41) is 0. The second-order valence-electron chi connectivity index (χ2n) is 1.98. The van der Waals surface area contributed by atoms with Gasteiger partial charge in [0.05, 0.1) is 0 Å². The molecule has 0 atom stereocenters. The molecule has 0 aromatic rings. The summed E-state index contributed by atoms with van der Waals surface area (Å²) < 4.78 is 63.7. The molecule has 2 N–H and O–H groups in total. The molecule has 0 aliphatic rings. The Bertz CT molecular complexity index is 483. The lowest BCUT2D eigenvalue weighted by atomic mass is 10.5. The average Bonchev–Trinajstić information content (AvgIpc) is 2.06. The van der Waals surface area contributed by atoms with Crippen LogP contribution in [-0.4, -0.2) is 39.2 Å². The highest BCUT2D eigenvalue weighted by atomic mass is 32.3. The minimum atomic E-state index is -4.53. The van der Waals surface area contributed by atoms with Gasteiger partial charge in [-0.05, 0) is 11.8 Å². The Kier molecular flexibility index (Phi) is 5.98. The summed E-state index contributed by atoms with van der Waals surface area (Å²) in [6.45, 7) is -1.18. The minimum Gasteiger partial charge on any atom is -0.264 e. The predicted octanol–water partition coefficient (Wildman–Crippen LogP) is -1.37. The van der Waals surface area contributed by atoms with Gasteiger partial charge in [0.2, 0.25) is 0 Å². The Labute approximate surface area is 92.5 Å². The fourth-order valence-electron chi connectivity index (χ4n) is 0.368. The molecule has 0 unspecified atom stereocenters. The molecule has 0 aromatic heterocycles. The maximum absolute atomic E-state index is 9.99. The fourth-order valence-corrected chi connectivity index (χ4v) is 0.784. The van der Waals surface area contributed by atoms with Gasteiger partial charge in [0, 0.05) is 0 Å². The van der Waals surface area contributed by atoms with E-state index < -0.39 is 34.0 Å². The van der Waals surface area contributed by atoms with Crippen LogP contribution in [0.2, 0.25) is 0 Å². The molecule has 0 rings (SSSR count). The van der Waals surface area contributed by atoms with E-state index in [4.69, 9.17) is 9.11 Å². The van der Waals surface area contributed by atoms with E-state index in [0.717, 1.165) is 0 Å². The minimum absolute atomic E-state index is 0.591. The summed E-state index contributed by atoms with van der Waals surface area (Å²) in [5.41, 5.74) is 0. The largest absolute Gasteiger partial charge is 0.398 e. The smallest absolute Gasteiger partial charge is 0.264 e. The monoisotopic (exact) mass is 270 g/mol. The van der Waals surface area contributed by atoms with E-state index >= 15 is 0 Å². The van der Waals surface area contributed by atoms with Crippen molar-refractivity contribution in [3.63, 3.8) is 0 Å². The highest BCUT2D eigenvalue weighted by molar-refractivity contribution is 7.81. The Balaban J connectivity index is 3.90. The number of hydrogen-bond acceptors (Lipinski definition) is 6. The third-order valence-electron chi connectivity index (χ3n) is 0.799. The van der Waals surface area contributed by atoms with Crippen LogP contribution in [0, 0.1) is 23.7 Å². The van der Waals surface area contributed by atoms with Gasteiger partial charge in [-0.15, -0.1) is 0 Å². The van der Waals surface area contributed by atoms with Crippen molar-refractivity contribution in [1.82, 2.24) is 0 Å². The molecular formula is C6H6O8S2. The molecule has 0 heterocycles. The van der Waals surface area contributed by atoms with E-state index in [-0.39, 0.29) is 0 Å². The quantitative estimate of drug-likeness (QED) is 0.473. The van der Waals surface area contributed by atoms with E-state index in [1.165, 1.54) is 0 Å². The summed E-state index contributed by atoms with van der Waals surface area (Å²) >= 11 is 0. The molecule has 0 aliphatic carbocycles. The number of hydrogen-bond donors (Lipinski definition) is 2. The van der Waals surface area contributed by atoms with Crippen molar-refractivity contribution in [3.05, 3.63) is 0 Å². The summed E-state index contributed by atoms with van der Waals surface area (Å²) in [6.07, 6.45) is 0. The SMILES string of the molecule is O=S(=O)(O)OCC#CC#CCOS(=O)(=O)O. The second kappa shape index (κ2) is 6.44. The van der Waals surface area contributed by atoms with Gasteiger partial charge >= 0.3 is 20.8 Å². The van der Waals surface area contributed by atoms with Gasteiger partial charge in [-0.3, -0.25) is 9.11 Å². The van der Waals surface area contributed by atoms with Crippen LogP contribution in [0.15, 0.2) is 0 Å². The molecular weight excluding hydrogens is 264 g/mol. The summed E-state index contributed by atoms with van der Waals surface area (Å²) in [4.78, 5) is 0. The van der Waals surface area contributed by atoms with E-state index in [1.54, 1.807) is 0 Å². The lowest BCUT2D eigenvalue weighted by molar-refractivity contribution is 0.299. The highest BCUT2D eigenvalue weighted by Crippen LogP contribution is 1.83. The standard InChI is InChI=1S/C6H6O8S2/c7-15(8,9)13-5-3-1-2-4-6-14-16(10,11)12/h5-6H2,(H,7,8,9)(H,10,11,12). The molecule has 0 amide bonds. The van der Waals surface area contributed by atoms with Crippen LogP contribution in [0.5, 0.6) is 0 Å². The lowest BCUT2D eigenvalue weighted by Gasteiger charge is -1.89. The van der Waals surface area contributed by atoms with Crippen LogP contribution in [-0.2, 0) is 29.2 Å². The van der Waals surface area contributed by atoms with Crippen LogP contribution in [0.4, 0.5) is 0 Å². The second-order valence-corrected chi connectivity index (χ2v) is 4.17. The van der Waals surface area contributed by atoms with Crippen molar-refractivity contribution in [1.29, 1.82) is 0 Å². The molecule has 8 nitrogen and oxygen atoms in total. The van der Waals surface area contributed by atoms with Gasteiger partial charge in [0.15, 0.2) is 0 Å². The first-order chi connectivity index (χ1) is 7.21. The molecule has 10 heteroatoms. The first-order valence-corrected chi connectivity index (χ1v) is 6.13. The van der Waals surface area contributed by atoms with E-state index in [9.17, 15) is 16.8 Å². The Hall–Kier alpha value is -1.14. The molecule has 0 aliphatic heterocycles. The maximum atomic E-state index is 9.99. The first kappa shape index (κ1) is 14.9. The molecule has 0 fully saturated rings. The molecule has 16 heavy (non-hydrogen) atoms. The van der Waals surface area contributed by atoms with Gasteiger partial charge < -0.3 is 0 Å². The summed E-state index contributed by atoms with van der Waals surface area (Å²) in [5.74, 6) is 8.33. The Morgan fingerprint density at radius 2 is 1.12 bits per heavy atom. The molecule has 0 saturated carbocycles. The van der Waals surface area contributed by atoms with E-state index in [0.29, 0.717) is 0 Å². The zero-order chi connectivity index (χ0) is 12.7. The Morgan fingerprint density at radius 3 is 1.38 bits per heavy atom. The van der Waals surface area contributed by atoms with Crippen molar-refractivity contribution < 1.29 is 34.3 Å². The zero-order valence-electron chi connectivity index (χ0n) is 7.57. The molecule has 0 saturated heterocycles. The average molecular weight is 270 g/mol. The lowest BCUT2D eigenvalue weighted by Crippen LogP contribution is -2.03. The zero-order valence-corrected chi connectivity index (χ0v) is 9.21. The third-order valence-corrected chi connectivity index (χ3v) is 1.63. The number of rotatable bonds is 4. The van der Waals surface area contributed by atoms with Crippen LogP contribution < -0.4 is 0 Å². The van der Waals surface area contributed by atoms with Gasteiger partial charge in [0.25, 0.3) is 0 Å². The Morgan fingerprint density at radius 1 is 0.812 bits per heavy atom. The predicted molar refractivity (Wildman–Crippen MR) is 50.6 cm³/mol. The van der Waals surface area contributed by atoms with Crippen LogP contribution in [0.1, 0.15) is 0 Å². The van der Waals surface area contributed by atoms with Crippen molar-refractivity contribution in [2.24, 2.45) is 0 Å². The van der Waals surface area contributed by atoms with Crippen molar-refractivity contribution in [3.8, 4) is 23.7 Å². The van der Waals surface area contributed by atoms with Crippen LogP contribution >= 0.6 is 0 Å². The summed E-state index contributed by atoms with van der Waals surface area (Å²) in [6, 6.07) is 0. The van der Waals surface area contributed by atoms with Gasteiger partial charge in [0.1, 0.15) is 13.2 Å². The molecule has 0 spiro atoms. The molecule has 0 radical (unpaired) electrons. The normalized spacial score (nSPS) is 10.9. The highest BCUT2D eigenvalue weighted by Gasteiger charge is 2.00. The third kappa shape index (κ3) is 12.9. The van der Waals surface area contributed by atoms with Gasteiger partial charge in [-0.2, -0.15) is 16.8 Å². The van der Waals surface area contributed by atoms with E-state index in [1.807, 2.05) is 0 Å². The maximum Gasteiger partial charge on any atom is 0.398 e. The fraction of sp³-hybridized carbons (Fsp3) is 0.333. The van der Waals surface area contributed by atoms with Crippen molar-refractivity contribution in [2.75, 3.05) is 13.2 Å². The van der Waals surface area contributed by atoms with Gasteiger partial charge in [-0.25, -0.2) is 8.37 Å². The molecule has 90 valence electrons. The van der Waals surface area contributed by atoms with Gasteiger partial charge in [-0.1, -0.05) is 11.8 Å². The first-order valence-electron chi connectivity index (χ1n) is 3.40. The van der Waals surface area contributed by atoms with Crippen molar-refractivity contribution in [2.45, 2.75) is 0 Å². The van der Waals surface area contributed by atoms with Crippen LogP contribution in [0.25, 0.3) is 0 Å². The van der Waals surface area contributed by atoms with Crippen molar-refractivity contribution >= 4 is 20.8 Å². The van der Waals surface area contributed by atoms with Crippen LogP contribution in [0.3, 0.4) is 0 Å². The topological polar surface area (TPSA) is 127 Å². The summed E-state index contributed by atoms with van der Waals surface area (Å²) in [7, 11) is -9.06. The molecule has 0 bridgehead atoms. The molecule has 0 aromatic carbocycles. The van der Waals surface area contributed by atoms with E-state index in [2.05, 4.69) is 32.0 Å².